The van der Waals surface area contributed by atoms with Gasteiger partial charge in [-0.25, -0.2) is 4.39 Å². The molecule has 1 aromatic rings. The molecule has 6 nitrogen and oxygen atoms in total. The Labute approximate surface area is 119 Å². The molecule has 0 radical (unpaired) electrons. The monoisotopic (exact) mass is 302 g/mol. The van der Waals surface area contributed by atoms with Gasteiger partial charge in [0.15, 0.2) is 0 Å². The zero-order valence-corrected chi connectivity index (χ0v) is 11.8. The van der Waals surface area contributed by atoms with Crippen molar-refractivity contribution in [2.24, 2.45) is 5.41 Å². The van der Waals surface area contributed by atoms with Gasteiger partial charge >= 0.3 is 11.7 Å². The maximum absolute atomic E-state index is 13.5. The quantitative estimate of drug-likeness (QED) is 0.643. The summed E-state index contributed by atoms with van der Waals surface area (Å²) in [5, 5.41) is 22.4. The number of aliphatic carboxylic acids is 1. The lowest BCUT2D eigenvalue weighted by Gasteiger charge is -2.31. The number of nitrogens with zero attached hydrogens (tertiary/aromatic N) is 1. The number of hydrogen-bond donors (Lipinski definition) is 2. The van der Waals surface area contributed by atoms with Crippen LogP contribution in [0.5, 0.6) is 0 Å². The number of carbonyl (C=O) groups is 1. The summed E-state index contributed by atoms with van der Waals surface area (Å²) in [4.78, 5) is 20.8. The number of nitrogens with one attached hydrogen (secondary N) is 1. The fraction of sp³-hybridized carbons (Fsp3) is 0.462. The molecule has 0 heterocycles. The maximum Gasteiger partial charge on any atom is 0.327 e. The lowest BCUT2D eigenvalue weighted by atomic mass is 9.84. The van der Waals surface area contributed by atoms with E-state index in [9.17, 15) is 23.7 Å². The Balaban J connectivity index is 3.26. The van der Waals surface area contributed by atoms with Crippen LogP contribution in [-0.2, 0) is 4.79 Å². The molecule has 0 saturated heterocycles. The van der Waals surface area contributed by atoms with Gasteiger partial charge in [-0.15, -0.1) is 0 Å². The molecular formula is C13H16F2N2O4. The van der Waals surface area contributed by atoms with Crippen molar-refractivity contribution in [3.63, 3.8) is 0 Å². The van der Waals surface area contributed by atoms with Crippen LogP contribution in [0.15, 0.2) is 12.1 Å². The molecule has 0 spiro atoms. The molecule has 8 heteroatoms. The first kappa shape index (κ1) is 16.8. The summed E-state index contributed by atoms with van der Waals surface area (Å²) in [6.45, 7) is 5.15. The minimum Gasteiger partial charge on any atom is -0.481 e. The maximum atomic E-state index is 13.5. The van der Waals surface area contributed by atoms with Gasteiger partial charge in [-0.05, 0) is 5.41 Å². The lowest BCUT2D eigenvalue weighted by molar-refractivity contribution is -0.386. The van der Waals surface area contributed by atoms with E-state index in [-0.39, 0.29) is 12.1 Å². The summed E-state index contributed by atoms with van der Waals surface area (Å²) < 4.78 is 26.8. The van der Waals surface area contributed by atoms with Gasteiger partial charge in [0.1, 0.15) is 11.5 Å². The Kier molecular flexibility index (Phi) is 4.82. The van der Waals surface area contributed by atoms with E-state index in [1.54, 1.807) is 20.8 Å². The van der Waals surface area contributed by atoms with Crippen molar-refractivity contribution in [3.05, 3.63) is 33.9 Å². The summed E-state index contributed by atoms with van der Waals surface area (Å²) >= 11 is 0. The van der Waals surface area contributed by atoms with Crippen molar-refractivity contribution in [1.82, 2.24) is 0 Å². The van der Waals surface area contributed by atoms with E-state index >= 15 is 0 Å². The second kappa shape index (κ2) is 6.02. The van der Waals surface area contributed by atoms with E-state index in [2.05, 4.69) is 5.32 Å². The Bertz CT molecular complexity index is 570. The van der Waals surface area contributed by atoms with Crippen LogP contribution >= 0.6 is 0 Å². The standard InChI is InChI=1S/C13H16F2N2O4/c1-13(2,3)10(6-11(18)19)16-9-5-7(14)4-8(15)12(9)17(20)21/h4-5,10,16H,6H2,1-3H3,(H,18,19). The van der Waals surface area contributed by atoms with Crippen molar-refractivity contribution >= 4 is 17.3 Å². The fourth-order valence-corrected chi connectivity index (χ4v) is 1.80. The van der Waals surface area contributed by atoms with E-state index < -0.39 is 39.7 Å². The molecule has 1 aromatic carbocycles. The van der Waals surface area contributed by atoms with Gasteiger partial charge in [-0.2, -0.15) is 4.39 Å². The summed E-state index contributed by atoms with van der Waals surface area (Å²) in [5.74, 6) is -3.42. The molecule has 0 fully saturated rings. The normalized spacial score (nSPS) is 12.8. The highest BCUT2D eigenvalue weighted by atomic mass is 19.1. The number of anilines is 1. The van der Waals surface area contributed by atoms with Gasteiger partial charge in [-0.3, -0.25) is 14.9 Å². The van der Waals surface area contributed by atoms with Crippen molar-refractivity contribution in [3.8, 4) is 0 Å². The van der Waals surface area contributed by atoms with Gasteiger partial charge < -0.3 is 10.4 Å². The molecule has 1 unspecified atom stereocenters. The number of carboxylic acid groups (broad SMARTS) is 1. The van der Waals surface area contributed by atoms with Crippen LogP contribution in [0.2, 0.25) is 0 Å². The number of benzene rings is 1. The highest BCUT2D eigenvalue weighted by molar-refractivity contribution is 5.70. The van der Waals surface area contributed by atoms with Crippen LogP contribution in [0.25, 0.3) is 0 Å². The fourth-order valence-electron chi connectivity index (χ4n) is 1.80. The summed E-state index contributed by atoms with van der Waals surface area (Å²) in [5.41, 5.74) is -1.87. The average Bonchev–Trinajstić information content (AvgIpc) is 2.24. The van der Waals surface area contributed by atoms with Crippen molar-refractivity contribution < 1.29 is 23.6 Å². The third-order valence-corrected chi connectivity index (χ3v) is 2.96. The number of rotatable bonds is 5. The average molecular weight is 302 g/mol. The first-order valence-electron chi connectivity index (χ1n) is 6.14. The van der Waals surface area contributed by atoms with Crippen molar-refractivity contribution in [1.29, 1.82) is 0 Å². The Morgan fingerprint density at radius 2 is 2.00 bits per heavy atom. The van der Waals surface area contributed by atoms with E-state index in [1.165, 1.54) is 0 Å². The minimum absolute atomic E-state index is 0.348. The van der Waals surface area contributed by atoms with Crippen molar-refractivity contribution in [2.45, 2.75) is 33.2 Å². The third kappa shape index (κ3) is 4.37. The van der Waals surface area contributed by atoms with E-state index in [0.717, 1.165) is 6.07 Å². The van der Waals surface area contributed by atoms with Crippen LogP contribution in [0.3, 0.4) is 0 Å². The molecule has 0 aliphatic heterocycles. The van der Waals surface area contributed by atoms with Gasteiger partial charge in [0, 0.05) is 18.2 Å². The molecule has 116 valence electrons. The molecule has 0 aliphatic rings. The molecule has 21 heavy (non-hydrogen) atoms. The lowest BCUT2D eigenvalue weighted by Crippen LogP contribution is -2.36. The molecule has 2 N–H and O–H groups in total. The summed E-state index contributed by atoms with van der Waals surface area (Å²) in [6.07, 6.45) is -0.348. The number of carboxylic acids is 1. The van der Waals surface area contributed by atoms with Crippen molar-refractivity contribution in [2.75, 3.05) is 5.32 Å². The first-order chi connectivity index (χ1) is 9.52. The first-order valence-corrected chi connectivity index (χ1v) is 6.14. The number of nitro benzene ring substituents is 1. The number of hydrogen-bond acceptors (Lipinski definition) is 4. The van der Waals surface area contributed by atoms with Gasteiger partial charge in [0.2, 0.25) is 5.82 Å². The molecule has 1 atom stereocenters. The summed E-state index contributed by atoms with van der Waals surface area (Å²) in [7, 11) is 0. The largest absolute Gasteiger partial charge is 0.481 e. The van der Waals surface area contributed by atoms with Crippen LogP contribution in [0, 0.1) is 27.2 Å². The zero-order chi connectivity index (χ0) is 16.4. The SMILES string of the molecule is CC(C)(C)C(CC(=O)O)Nc1cc(F)cc(F)c1[N+](=O)[O-]. The Morgan fingerprint density at radius 3 is 2.43 bits per heavy atom. The molecular weight excluding hydrogens is 286 g/mol. The van der Waals surface area contributed by atoms with Gasteiger partial charge in [0.05, 0.1) is 11.3 Å². The third-order valence-electron chi connectivity index (χ3n) is 2.96. The van der Waals surface area contributed by atoms with Crippen LogP contribution in [-0.4, -0.2) is 22.0 Å². The molecule has 1 rings (SSSR count). The number of nitro groups is 1. The molecule has 0 aromatic heterocycles. The smallest absolute Gasteiger partial charge is 0.327 e. The van der Waals surface area contributed by atoms with Gasteiger partial charge in [0.25, 0.3) is 0 Å². The van der Waals surface area contributed by atoms with Crippen LogP contribution < -0.4 is 5.32 Å². The van der Waals surface area contributed by atoms with Gasteiger partial charge in [-0.1, -0.05) is 20.8 Å². The number of halogens is 2. The highest BCUT2D eigenvalue weighted by Gasteiger charge is 2.30. The summed E-state index contributed by atoms with van der Waals surface area (Å²) in [6, 6.07) is 0.448. The predicted octanol–water partition coefficient (Wildman–Crippen LogP) is 3.17. The topological polar surface area (TPSA) is 92.5 Å². The van der Waals surface area contributed by atoms with E-state index in [4.69, 9.17) is 5.11 Å². The van der Waals surface area contributed by atoms with Crippen LogP contribution in [0.1, 0.15) is 27.2 Å². The van der Waals surface area contributed by atoms with Crippen LogP contribution in [0.4, 0.5) is 20.2 Å². The van der Waals surface area contributed by atoms with E-state index in [1.807, 2.05) is 0 Å². The highest BCUT2D eigenvalue weighted by Crippen LogP contribution is 2.33. The predicted molar refractivity (Wildman–Crippen MR) is 72.1 cm³/mol. The second-order valence-electron chi connectivity index (χ2n) is 5.70. The molecule has 0 saturated carbocycles. The zero-order valence-electron chi connectivity index (χ0n) is 11.8. The molecule has 0 aliphatic carbocycles. The van der Waals surface area contributed by atoms with E-state index in [0.29, 0.717) is 6.07 Å². The minimum atomic E-state index is -1.31. The molecule has 0 amide bonds. The molecule has 0 bridgehead atoms. The Morgan fingerprint density at radius 1 is 1.43 bits per heavy atom. The Hall–Kier alpha value is -2.25. The second-order valence-corrected chi connectivity index (χ2v) is 5.70.